The third kappa shape index (κ3) is 13.8. The molecule has 0 bridgehead atoms. The van der Waals surface area contributed by atoms with Crippen molar-refractivity contribution >= 4 is 34.0 Å². The van der Waals surface area contributed by atoms with E-state index in [0.717, 1.165) is 0 Å². The number of benzene rings is 3. The van der Waals surface area contributed by atoms with Gasteiger partial charge in [0.2, 0.25) is 0 Å². The van der Waals surface area contributed by atoms with Crippen molar-refractivity contribution in [1.82, 2.24) is 4.98 Å². The summed E-state index contributed by atoms with van der Waals surface area (Å²) < 4.78 is 57.5. The predicted octanol–water partition coefficient (Wildman–Crippen LogP) is 6.25. The number of aryl methyl sites for hydroxylation is 1. The first-order chi connectivity index (χ1) is 18.6. The molecule has 10 heteroatoms. The van der Waals surface area contributed by atoms with Gasteiger partial charge in [-0.2, -0.15) is 21.6 Å². The number of halogens is 3. The molecular weight excluding hydrogens is 643 g/mol. The zero-order chi connectivity index (χ0) is 28.6. The first kappa shape index (κ1) is 35.6. The monoisotopic (exact) mass is 672 g/mol. The zero-order valence-electron chi connectivity index (χ0n) is 21.4. The summed E-state index contributed by atoms with van der Waals surface area (Å²) in [5.41, 5.74) is -4.28. The summed E-state index contributed by atoms with van der Waals surface area (Å²) in [5.74, 6) is 0. The predicted molar refractivity (Wildman–Crippen MR) is 153 cm³/mol. The van der Waals surface area contributed by atoms with Crippen molar-refractivity contribution in [2.45, 2.75) is 12.4 Å². The van der Waals surface area contributed by atoms with Crippen LogP contribution in [0.3, 0.4) is 0 Å². The van der Waals surface area contributed by atoms with Crippen LogP contribution in [0.5, 0.6) is 0 Å². The molecule has 0 saturated heterocycles. The Morgan fingerprint density at radius 1 is 0.625 bits per heavy atom. The summed E-state index contributed by atoms with van der Waals surface area (Å²) in [6, 6.07) is 36.3. The molecule has 5 rings (SSSR count). The van der Waals surface area contributed by atoms with E-state index in [1.807, 2.05) is 51.2 Å². The largest absolute Gasteiger partial charge is 2.00 e. The van der Waals surface area contributed by atoms with Crippen molar-refractivity contribution < 1.29 is 45.6 Å². The van der Waals surface area contributed by atoms with Crippen molar-refractivity contribution in [3.63, 3.8) is 0 Å². The van der Waals surface area contributed by atoms with E-state index in [9.17, 15) is 13.2 Å². The van der Waals surface area contributed by atoms with Crippen LogP contribution in [0, 0.1) is 39.0 Å². The SMILES string of the molecule is Cc1ccncc1.O=S(=O)(O)C(F)(F)F.[CH]1[CH][CH][CH][CH]1.[Ru+2].c1ccc(P(c2ccccc2)c2ccccc2)cc1. The van der Waals surface area contributed by atoms with Crippen molar-refractivity contribution in [3.05, 3.63) is 153 Å². The zero-order valence-corrected chi connectivity index (χ0v) is 24.9. The third-order valence-corrected chi connectivity index (χ3v) is 7.77. The van der Waals surface area contributed by atoms with Crippen LogP contribution in [0.1, 0.15) is 5.56 Å². The number of hydrogen-bond acceptors (Lipinski definition) is 3. The van der Waals surface area contributed by atoms with Gasteiger partial charge in [0.25, 0.3) is 0 Å². The molecule has 1 saturated carbocycles. The minimum absolute atomic E-state index is 0. The van der Waals surface area contributed by atoms with Gasteiger partial charge in [-0.25, -0.2) is 0 Å². The quantitative estimate of drug-likeness (QED) is 0.121. The average molecular weight is 672 g/mol. The van der Waals surface area contributed by atoms with E-state index in [1.165, 1.54) is 21.5 Å². The topological polar surface area (TPSA) is 67.3 Å². The maximum absolute atomic E-state index is 10.7. The number of aromatic nitrogens is 1. The minimum atomic E-state index is -5.84. The molecule has 1 aromatic heterocycles. The van der Waals surface area contributed by atoms with Gasteiger partial charge in [-0.15, -0.1) is 0 Å². The summed E-state index contributed by atoms with van der Waals surface area (Å²) in [7, 11) is -6.29. The molecule has 1 aliphatic carbocycles. The Morgan fingerprint density at radius 3 is 1.10 bits per heavy atom. The third-order valence-electron chi connectivity index (χ3n) is 4.74. The van der Waals surface area contributed by atoms with Crippen LogP contribution in [0.4, 0.5) is 13.2 Å². The summed E-state index contributed by atoms with van der Waals surface area (Å²) in [6.45, 7) is 2.04. The molecule has 4 nitrogen and oxygen atoms in total. The average Bonchev–Trinajstić information content (AvgIpc) is 3.52. The molecule has 0 unspecified atom stereocenters. The fourth-order valence-corrected chi connectivity index (χ4v) is 5.23. The van der Waals surface area contributed by atoms with Crippen molar-refractivity contribution in [2.24, 2.45) is 0 Å². The maximum Gasteiger partial charge on any atom is 2.00 e. The Morgan fingerprint density at radius 2 is 0.900 bits per heavy atom. The molecular formula is C30H28F3NO3PRuS+2. The Kier molecular flexibility index (Phi) is 16.7. The maximum atomic E-state index is 10.7. The molecule has 40 heavy (non-hydrogen) atoms. The Labute approximate surface area is 249 Å². The van der Waals surface area contributed by atoms with Crippen LogP contribution in [0.25, 0.3) is 0 Å². The van der Waals surface area contributed by atoms with Crippen LogP contribution in [-0.4, -0.2) is 23.5 Å². The minimum Gasteiger partial charge on any atom is -0.279 e. The first-order valence-electron chi connectivity index (χ1n) is 11.6. The molecule has 1 N–H and O–H groups in total. The van der Waals surface area contributed by atoms with Gasteiger partial charge in [0.1, 0.15) is 0 Å². The first-order valence-corrected chi connectivity index (χ1v) is 14.4. The Hall–Kier alpha value is -2.44. The number of rotatable bonds is 3. The molecule has 0 spiro atoms. The van der Waals surface area contributed by atoms with Crippen LogP contribution in [0.15, 0.2) is 116 Å². The molecule has 4 aromatic rings. The molecule has 0 atom stereocenters. The van der Waals surface area contributed by atoms with E-state index in [0.29, 0.717) is 0 Å². The van der Waals surface area contributed by atoms with Crippen molar-refractivity contribution in [2.75, 3.05) is 0 Å². The molecule has 0 amide bonds. The number of alkyl halides is 3. The van der Waals surface area contributed by atoms with Crippen LogP contribution in [-0.2, 0) is 29.6 Å². The molecule has 3 aromatic carbocycles. The fraction of sp³-hybridized carbons (Fsp3) is 0.0667. The molecule has 1 heterocycles. The van der Waals surface area contributed by atoms with Gasteiger partial charge >= 0.3 is 35.1 Å². The van der Waals surface area contributed by atoms with E-state index in [2.05, 4.69) is 96.0 Å². The summed E-state index contributed by atoms with van der Waals surface area (Å²) >= 11 is 0. The number of hydrogen-bond donors (Lipinski definition) is 1. The van der Waals surface area contributed by atoms with E-state index in [-0.39, 0.29) is 19.5 Å². The van der Waals surface area contributed by atoms with E-state index < -0.39 is 23.5 Å². The molecule has 5 radical (unpaired) electrons. The van der Waals surface area contributed by atoms with Gasteiger partial charge in [-0.05, 0) is 80.6 Å². The molecule has 1 fully saturated rings. The van der Waals surface area contributed by atoms with E-state index in [1.54, 1.807) is 12.4 Å². The second-order valence-electron chi connectivity index (χ2n) is 7.75. The Balaban J connectivity index is 0.000000315. The number of pyridine rings is 1. The van der Waals surface area contributed by atoms with Crippen molar-refractivity contribution in [1.29, 1.82) is 0 Å². The van der Waals surface area contributed by atoms with Crippen LogP contribution >= 0.6 is 7.92 Å². The van der Waals surface area contributed by atoms with Crippen LogP contribution < -0.4 is 15.9 Å². The van der Waals surface area contributed by atoms with Gasteiger partial charge in [0.05, 0.1) is 0 Å². The van der Waals surface area contributed by atoms with Crippen LogP contribution in [0.2, 0.25) is 0 Å². The standard InChI is InChI=1S/C18H15P.C6H7N.C5H5.CHF3O3S.Ru/c1-4-10-16(11-5-1)19(17-12-6-2-7-13-17)18-14-8-3-9-15-18;1-6-2-4-7-5-3-6;1-2-4-5-3-1;2-1(3,4)8(5,6)7;/h1-15H;2-5H,1H3;1-5H;(H,5,6,7);/q;;;;+2. The van der Waals surface area contributed by atoms with E-state index in [4.69, 9.17) is 13.0 Å². The van der Waals surface area contributed by atoms with E-state index >= 15 is 0 Å². The number of nitrogens with zero attached hydrogens (tertiary/aromatic N) is 1. The normalized spacial score (nSPS) is 12.3. The van der Waals surface area contributed by atoms with Gasteiger partial charge in [-0.3, -0.25) is 9.54 Å². The van der Waals surface area contributed by atoms with Gasteiger partial charge in [0, 0.05) is 12.4 Å². The van der Waals surface area contributed by atoms with Crippen molar-refractivity contribution in [3.8, 4) is 0 Å². The van der Waals surface area contributed by atoms with Gasteiger partial charge < -0.3 is 0 Å². The molecule has 0 aliphatic heterocycles. The Bertz CT molecular complexity index is 1190. The second kappa shape index (κ2) is 18.8. The van der Waals surface area contributed by atoms with Gasteiger partial charge in [-0.1, -0.05) is 91.0 Å². The fourth-order valence-electron chi connectivity index (χ4n) is 2.93. The molecule has 1 aliphatic rings. The molecule has 209 valence electrons. The summed E-state index contributed by atoms with van der Waals surface area (Å²) in [6.07, 6.45) is 13.6. The summed E-state index contributed by atoms with van der Waals surface area (Å²) in [5, 5.41) is 4.19. The summed E-state index contributed by atoms with van der Waals surface area (Å²) in [4.78, 5) is 3.85. The van der Waals surface area contributed by atoms with Gasteiger partial charge in [0.15, 0.2) is 0 Å². The smallest absolute Gasteiger partial charge is 0.279 e. The second-order valence-corrected chi connectivity index (χ2v) is 11.4.